The van der Waals surface area contributed by atoms with Crippen LogP contribution in [0.4, 0.5) is 19.0 Å². The SMILES string of the molecule is CCn1c(-c2nonc2N)nc2c(-c3ccc(C#N)cc3)ncc(C(=O)N3CCC(N)C3)c21.O=C(O)C(F)(F)F. The summed E-state index contributed by atoms with van der Waals surface area (Å²) in [6.45, 7) is 3.52. The first-order valence-corrected chi connectivity index (χ1v) is 11.8. The number of hydrogen-bond donors (Lipinski definition) is 3. The van der Waals surface area contributed by atoms with Gasteiger partial charge in [-0.3, -0.25) is 9.78 Å². The van der Waals surface area contributed by atoms with E-state index in [2.05, 4.69) is 21.4 Å². The van der Waals surface area contributed by atoms with Crippen molar-refractivity contribution in [2.24, 2.45) is 5.73 Å². The number of nitriles is 1. The van der Waals surface area contributed by atoms with Crippen LogP contribution >= 0.6 is 0 Å². The molecule has 16 heteroatoms. The maximum Gasteiger partial charge on any atom is 0.490 e. The number of imidazole rings is 1. The molecule has 4 heterocycles. The molecule has 1 aliphatic rings. The zero-order valence-corrected chi connectivity index (χ0v) is 20.9. The van der Waals surface area contributed by atoms with E-state index in [1.807, 2.05) is 11.5 Å². The highest BCUT2D eigenvalue weighted by molar-refractivity contribution is 6.08. The predicted molar refractivity (Wildman–Crippen MR) is 133 cm³/mol. The van der Waals surface area contributed by atoms with E-state index >= 15 is 0 Å². The first-order chi connectivity index (χ1) is 19.0. The van der Waals surface area contributed by atoms with Crippen LogP contribution in [0.5, 0.6) is 0 Å². The fourth-order valence-corrected chi connectivity index (χ4v) is 4.19. The molecule has 208 valence electrons. The van der Waals surface area contributed by atoms with Gasteiger partial charge in [0.2, 0.25) is 0 Å². The molecule has 5 rings (SSSR count). The Hall–Kier alpha value is -5.04. The summed E-state index contributed by atoms with van der Waals surface area (Å²) in [6, 6.07) is 9.10. The quantitative estimate of drug-likeness (QED) is 0.332. The van der Waals surface area contributed by atoms with Crippen molar-refractivity contribution in [3.05, 3.63) is 41.6 Å². The van der Waals surface area contributed by atoms with E-state index in [-0.39, 0.29) is 17.8 Å². The molecule has 0 saturated carbocycles. The van der Waals surface area contributed by atoms with Gasteiger partial charge in [-0.2, -0.15) is 18.4 Å². The molecule has 1 unspecified atom stereocenters. The monoisotopic (exact) mass is 557 g/mol. The summed E-state index contributed by atoms with van der Waals surface area (Å²) in [5.74, 6) is -2.38. The highest BCUT2D eigenvalue weighted by Crippen LogP contribution is 2.34. The largest absolute Gasteiger partial charge is 0.490 e. The van der Waals surface area contributed by atoms with Crippen LogP contribution in [0.1, 0.15) is 29.3 Å². The van der Waals surface area contributed by atoms with Gasteiger partial charge in [0.05, 0.1) is 28.4 Å². The Kier molecular flexibility index (Phi) is 7.68. The minimum Gasteiger partial charge on any atom is -0.475 e. The number of carboxylic acids is 1. The molecular weight excluding hydrogens is 535 g/mol. The van der Waals surface area contributed by atoms with Crippen LogP contribution < -0.4 is 11.5 Å². The number of alkyl halides is 3. The van der Waals surface area contributed by atoms with Crippen LogP contribution in [0.3, 0.4) is 0 Å². The molecule has 1 atom stereocenters. The number of amides is 1. The Labute approximate surface area is 223 Å². The number of rotatable bonds is 4. The van der Waals surface area contributed by atoms with E-state index < -0.39 is 12.1 Å². The number of halogens is 3. The maximum atomic E-state index is 13.5. The van der Waals surface area contributed by atoms with Crippen molar-refractivity contribution < 1.29 is 32.5 Å². The summed E-state index contributed by atoms with van der Waals surface area (Å²) in [5, 5.41) is 23.8. The third-order valence-electron chi connectivity index (χ3n) is 6.08. The molecule has 0 bridgehead atoms. The van der Waals surface area contributed by atoms with Crippen molar-refractivity contribution >= 4 is 28.7 Å². The average molecular weight is 557 g/mol. The number of nitrogens with two attached hydrogens (primary N) is 2. The van der Waals surface area contributed by atoms with Gasteiger partial charge in [-0.25, -0.2) is 14.4 Å². The number of anilines is 1. The van der Waals surface area contributed by atoms with Crippen LogP contribution in [0.25, 0.3) is 33.8 Å². The zero-order chi connectivity index (χ0) is 29.2. The fourth-order valence-electron chi connectivity index (χ4n) is 4.19. The topological polar surface area (TPSA) is 203 Å². The molecule has 4 aromatic rings. The second-order valence-electron chi connectivity index (χ2n) is 8.69. The molecule has 1 fully saturated rings. The van der Waals surface area contributed by atoms with Gasteiger partial charge in [0, 0.05) is 37.4 Å². The summed E-state index contributed by atoms with van der Waals surface area (Å²) in [7, 11) is 0. The van der Waals surface area contributed by atoms with E-state index in [4.69, 9.17) is 36.2 Å². The lowest BCUT2D eigenvalue weighted by molar-refractivity contribution is -0.192. The number of aliphatic carboxylic acids is 1. The molecule has 1 saturated heterocycles. The molecule has 3 aromatic heterocycles. The first-order valence-electron chi connectivity index (χ1n) is 11.8. The lowest BCUT2D eigenvalue weighted by Crippen LogP contribution is -2.32. The lowest BCUT2D eigenvalue weighted by Gasteiger charge is -2.17. The summed E-state index contributed by atoms with van der Waals surface area (Å²) in [5.41, 5.74) is 15.7. The molecule has 0 aliphatic carbocycles. The standard InChI is InChI=1S/C22H21N9O2.C2HF3O2/c1-2-31-19-15(22(32)30-8-7-14(24)11-30)10-26-16(13-5-3-12(9-23)4-6-13)17(19)27-21(31)18-20(25)29-33-28-18;3-2(4,5)1(6)7/h3-6,10,14H,2,7-8,11,24H2,1H3,(H2,25,29);(H,6,7). The Balaban J connectivity index is 0.000000470. The zero-order valence-electron chi connectivity index (χ0n) is 20.9. The number of aryl methyl sites for hydroxylation is 1. The van der Waals surface area contributed by atoms with Crippen LogP contribution in [-0.2, 0) is 11.3 Å². The van der Waals surface area contributed by atoms with Crippen LogP contribution in [0.2, 0.25) is 0 Å². The van der Waals surface area contributed by atoms with Crippen LogP contribution in [-0.4, -0.2) is 72.0 Å². The third-order valence-corrected chi connectivity index (χ3v) is 6.08. The number of pyridine rings is 1. The molecule has 0 spiro atoms. The van der Waals surface area contributed by atoms with Crippen LogP contribution in [0, 0.1) is 11.3 Å². The normalized spacial score (nSPS) is 15.0. The van der Waals surface area contributed by atoms with E-state index in [1.54, 1.807) is 35.4 Å². The molecule has 40 heavy (non-hydrogen) atoms. The van der Waals surface area contributed by atoms with Gasteiger partial charge < -0.3 is 26.0 Å². The number of carbonyl (C=O) groups excluding carboxylic acids is 1. The third kappa shape index (κ3) is 5.40. The van der Waals surface area contributed by atoms with Crippen molar-refractivity contribution in [2.45, 2.75) is 32.1 Å². The van der Waals surface area contributed by atoms with E-state index in [0.717, 1.165) is 12.0 Å². The van der Waals surface area contributed by atoms with Crippen molar-refractivity contribution in [1.29, 1.82) is 5.26 Å². The van der Waals surface area contributed by atoms with Crippen LogP contribution in [0.15, 0.2) is 35.1 Å². The number of benzene rings is 1. The summed E-state index contributed by atoms with van der Waals surface area (Å²) in [4.78, 5) is 33.5. The number of aromatic nitrogens is 5. The highest BCUT2D eigenvalue weighted by atomic mass is 19.4. The number of likely N-dealkylation sites (tertiary alicyclic amines) is 1. The van der Waals surface area contributed by atoms with Gasteiger partial charge in [-0.1, -0.05) is 12.1 Å². The van der Waals surface area contributed by atoms with Gasteiger partial charge in [0.15, 0.2) is 17.3 Å². The van der Waals surface area contributed by atoms with E-state index in [1.165, 1.54) is 0 Å². The van der Waals surface area contributed by atoms with Crippen molar-refractivity contribution in [1.82, 2.24) is 29.7 Å². The second kappa shape index (κ2) is 11.0. The minimum absolute atomic E-state index is 0.0389. The lowest BCUT2D eigenvalue weighted by atomic mass is 10.1. The maximum absolute atomic E-state index is 13.5. The Morgan fingerprint density at radius 3 is 2.40 bits per heavy atom. The Morgan fingerprint density at radius 1 is 1.23 bits per heavy atom. The number of carboxylic acid groups (broad SMARTS) is 1. The summed E-state index contributed by atoms with van der Waals surface area (Å²) < 4.78 is 38.4. The fraction of sp³-hybridized carbons (Fsp3) is 0.292. The number of carbonyl (C=O) groups is 2. The van der Waals surface area contributed by atoms with Gasteiger partial charge in [0.1, 0.15) is 5.52 Å². The van der Waals surface area contributed by atoms with Gasteiger partial charge >= 0.3 is 12.1 Å². The van der Waals surface area contributed by atoms with Crippen molar-refractivity contribution in [2.75, 3.05) is 18.8 Å². The molecule has 1 amide bonds. The summed E-state index contributed by atoms with van der Waals surface area (Å²) in [6.07, 6.45) is -2.75. The van der Waals surface area contributed by atoms with Crippen molar-refractivity contribution in [3.8, 4) is 28.8 Å². The number of nitrogen functional groups attached to an aromatic ring is 1. The molecule has 13 nitrogen and oxygen atoms in total. The van der Waals surface area contributed by atoms with E-state index in [9.17, 15) is 18.0 Å². The molecule has 1 aliphatic heterocycles. The smallest absolute Gasteiger partial charge is 0.475 e. The number of nitrogens with zero attached hydrogens (tertiary/aromatic N) is 7. The van der Waals surface area contributed by atoms with Gasteiger partial charge in [0.25, 0.3) is 5.91 Å². The number of hydrogen-bond acceptors (Lipinski definition) is 10. The predicted octanol–water partition coefficient (Wildman–Crippen LogP) is 2.43. The Morgan fingerprint density at radius 2 is 1.90 bits per heavy atom. The Bertz CT molecular complexity index is 1610. The van der Waals surface area contributed by atoms with Gasteiger partial charge in [-0.05, 0) is 35.8 Å². The molecular formula is C24H22F3N9O4. The van der Waals surface area contributed by atoms with E-state index in [0.29, 0.717) is 59.0 Å². The average Bonchev–Trinajstić information content (AvgIpc) is 3.65. The highest BCUT2D eigenvalue weighted by Gasteiger charge is 2.38. The second-order valence-corrected chi connectivity index (χ2v) is 8.69. The molecule has 1 aromatic carbocycles. The summed E-state index contributed by atoms with van der Waals surface area (Å²) >= 11 is 0. The minimum atomic E-state index is -5.08. The van der Waals surface area contributed by atoms with Crippen molar-refractivity contribution in [3.63, 3.8) is 0 Å². The number of fused-ring (bicyclic) bond motifs is 1. The molecule has 5 N–H and O–H groups in total. The first kappa shape index (κ1) is 28.0. The molecule has 0 radical (unpaired) electrons. The van der Waals surface area contributed by atoms with Gasteiger partial charge in [-0.15, -0.1) is 0 Å².